The Labute approximate surface area is 140 Å². The normalized spacial score (nSPS) is 16.3. The fraction of sp³-hybridized carbons (Fsp3) is 0.429. The van der Waals surface area contributed by atoms with Crippen LogP contribution in [0.3, 0.4) is 0 Å². The molecule has 0 saturated heterocycles. The number of hydrogen-bond donors (Lipinski definition) is 2. The molecule has 0 aromatic carbocycles. The Morgan fingerprint density at radius 3 is 2.67 bits per heavy atom. The minimum absolute atomic E-state index is 0.150. The highest BCUT2D eigenvalue weighted by Gasteiger charge is 2.35. The monoisotopic (exact) mass is 342 g/mol. The van der Waals surface area contributed by atoms with Crippen molar-refractivity contribution < 1.29 is 17.3 Å². The summed E-state index contributed by atoms with van der Waals surface area (Å²) in [4.78, 5) is 7.40. The molecule has 24 heavy (non-hydrogen) atoms. The maximum absolute atomic E-state index is 12.9. The van der Waals surface area contributed by atoms with Gasteiger partial charge < -0.3 is 10.6 Å². The second-order valence-electron chi connectivity index (χ2n) is 5.09. The molecular weight excluding hydrogens is 323 g/mol. The zero-order valence-corrected chi connectivity index (χ0v) is 13.0. The van der Waals surface area contributed by atoms with Crippen molar-refractivity contribution >= 4 is 17.5 Å². The van der Waals surface area contributed by atoms with Gasteiger partial charge in [0.1, 0.15) is 16.9 Å². The van der Waals surface area contributed by atoms with Gasteiger partial charge in [-0.05, 0) is 20.7 Å². The van der Waals surface area contributed by atoms with Gasteiger partial charge in [0.25, 0.3) is 0 Å². The summed E-state index contributed by atoms with van der Waals surface area (Å²) in [5, 5.41) is 18.4. The van der Waals surface area contributed by atoms with E-state index >= 15 is 0 Å². The molecule has 2 N–H and O–H groups in total. The summed E-state index contributed by atoms with van der Waals surface area (Å²) in [6, 6.07) is 1.73. The summed E-state index contributed by atoms with van der Waals surface area (Å²) in [5.41, 5.74) is -2.38. The molecule has 1 unspecified atom stereocenters. The quantitative estimate of drug-likeness (QED) is 0.887. The van der Waals surface area contributed by atoms with E-state index in [1.807, 2.05) is 0 Å². The van der Waals surface area contributed by atoms with E-state index in [9.17, 15) is 18.4 Å². The van der Waals surface area contributed by atoms with Gasteiger partial charge in [-0.1, -0.05) is 0 Å². The van der Waals surface area contributed by atoms with E-state index in [0.29, 0.717) is 11.9 Å². The Balaban J connectivity index is 2.40. The second-order valence-corrected chi connectivity index (χ2v) is 5.09. The van der Waals surface area contributed by atoms with E-state index in [1.165, 1.54) is 20.2 Å². The van der Waals surface area contributed by atoms with Crippen LogP contribution >= 0.6 is 0 Å². The first-order chi connectivity index (χ1) is 12.3. The topological polar surface area (TPSA) is 91.5 Å². The Hall–Kier alpha value is -2.83. The summed E-state index contributed by atoms with van der Waals surface area (Å²) in [6.45, 7) is 0.102. The third kappa shape index (κ3) is 3.40. The van der Waals surface area contributed by atoms with Crippen molar-refractivity contribution in [1.82, 2.24) is 19.7 Å². The number of aromatic nitrogens is 4. The zero-order valence-electron chi connectivity index (χ0n) is 16.0. The van der Waals surface area contributed by atoms with Gasteiger partial charge >= 0.3 is 6.18 Å². The molecule has 0 bridgehead atoms. The SMILES string of the molecule is [2H]C([2H])([2H])C(C)(C#N)n1cc(Nc2ncc(C(F)(F)F)c(NC)n2)c(C)n1. The third-order valence-corrected chi connectivity index (χ3v) is 3.15. The van der Waals surface area contributed by atoms with Crippen LogP contribution in [0.4, 0.5) is 30.6 Å². The first-order valence-corrected chi connectivity index (χ1v) is 6.70. The number of nitrogens with zero attached hydrogens (tertiary/aromatic N) is 5. The number of nitriles is 1. The highest BCUT2D eigenvalue weighted by molar-refractivity contribution is 5.58. The highest BCUT2D eigenvalue weighted by Crippen LogP contribution is 2.34. The lowest BCUT2D eigenvalue weighted by Gasteiger charge is -2.15. The van der Waals surface area contributed by atoms with E-state index in [-0.39, 0.29) is 11.6 Å². The van der Waals surface area contributed by atoms with Crippen molar-refractivity contribution in [2.45, 2.75) is 32.4 Å². The number of anilines is 3. The molecule has 128 valence electrons. The summed E-state index contributed by atoms with van der Waals surface area (Å²) in [6.07, 6.45) is -2.72. The average molecular weight is 342 g/mol. The molecule has 0 amide bonds. The minimum Gasteiger partial charge on any atom is -0.372 e. The zero-order chi connectivity index (χ0) is 20.6. The largest absolute Gasteiger partial charge is 0.421 e. The lowest BCUT2D eigenvalue weighted by atomic mass is 10.1. The predicted molar refractivity (Wildman–Crippen MR) is 81.8 cm³/mol. The Bertz CT molecular complexity index is 886. The first-order valence-electron chi connectivity index (χ1n) is 8.20. The van der Waals surface area contributed by atoms with Gasteiger partial charge in [-0.2, -0.15) is 28.5 Å². The molecule has 2 rings (SSSR count). The van der Waals surface area contributed by atoms with Gasteiger partial charge in [0, 0.05) is 17.4 Å². The van der Waals surface area contributed by atoms with Crippen molar-refractivity contribution in [3.63, 3.8) is 0 Å². The van der Waals surface area contributed by atoms with E-state index in [1.54, 1.807) is 13.0 Å². The Morgan fingerprint density at radius 2 is 2.12 bits per heavy atom. The molecule has 0 aliphatic rings. The maximum Gasteiger partial charge on any atom is 0.421 e. The number of nitrogens with one attached hydrogen (secondary N) is 2. The molecule has 0 fully saturated rings. The Morgan fingerprint density at radius 1 is 1.42 bits per heavy atom. The van der Waals surface area contributed by atoms with Gasteiger partial charge in [-0.3, -0.25) is 4.68 Å². The molecule has 0 aliphatic carbocycles. The molecular formula is C14H16F3N7. The lowest BCUT2D eigenvalue weighted by Crippen LogP contribution is -2.24. The van der Waals surface area contributed by atoms with Crippen LogP contribution in [0, 0.1) is 18.3 Å². The van der Waals surface area contributed by atoms with Gasteiger partial charge in [0.05, 0.1) is 23.6 Å². The number of hydrogen-bond acceptors (Lipinski definition) is 6. The number of halogens is 3. The fourth-order valence-electron chi connectivity index (χ4n) is 1.82. The van der Waals surface area contributed by atoms with Gasteiger partial charge in [0.2, 0.25) is 5.95 Å². The van der Waals surface area contributed by atoms with Crippen molar-refractivity contribution in [1.29, 1.82) is 5.26 Å². The summed E-state index contributed by atoms with van der Waals surface area (Å²) in [5.74, 6) is -0.572. The molecule has 2 aromatic heterocycles. The van der Waals surface area contributed by atoms with Crippen molar-refractivity contribution in [3.8, 4) is 6.07 Å². The van der Waals surface area contributed by atoms with Crippen LogP contribution in [0.1, 0.15) is 29.1 Å². The van der Waals surface area contributed by atoms with Crippen LogP contribution in [0.15, 0.2) is 12.4 Å². The van der Waals surface area contributed by atoms with Crippen LogP contribution in [0.2, 0.25) is 0 Å². The van der Waals surface area contributed by atoms with Crippen LogP contribution in [0.5, 0.6) is 0 Å². The van der Waals surface area contributed by atoms with Crippen molar-refractivity contribution in [3.05, 3.63) is 23.7 Å². The molecule has 7 nitrogen and oxygen atoms in total. The summed E-state index contributed by atoms with van der Waals surface area (Å²) >= 11 is 0. The molecule has 0 radical (unpaired) electrons. The predicted octanol–water partition coefficient (Wildman–Crippen LogP) is 3.04. The molecule has 1 atom stereocenters. The van der Waals surface area contributed by atoms with Crippen LogP contribution < -0.4 is 10.6 Å². The number of rotatable bonds is 4. The van der Waals surface area contributed by atoms with E-state index in [2.05, 4.69) is 25.7 Å². The lowest BCUT2D eigenvalue weighted by molar-refractivity contribution is -0.137. The standard InChI is InChI=1S/C14H16F3N7/c1-8-10(6-24(23-8)13(2,3)7-18)21-12-20-5-9(14(15,16)17)11(19-4)22-12/h5-6H,1-4H3,(H2,19,20,21,22)/i2D3. The maximum atomic E-state index is 12.9. The molecule has 0 saturated carbocycles. The van der Waals surface area contributed by atoms with Crippen LogP contribution in [-0.4, -0.2) is 26.8 Å². The van der Waals surface area contributed by atoms with Crippen LogP contribution in [-0.2, 0) is 11.7 Å². The molecule has 0 aliphatic heterocycles. The van der Waals surface area contributed by atoms with Crippen LogP contribution in [0.25, 0.3) is 0 Å². The van der Waals surface area contributed by atoms with Gasteiger partial charge in [-0.25, -0.2) is 4.98 Å². The van der Waals surface area contributed by atoms with E-state index in [0.717, 1.165) is 4.68 Å². The smallest absolute Gasteiger partial charge is 0.372 e. The van der Waals surface area contributed by atoms with Crippen molar-refractivity contribution in [2.24, 2.45) is 0 Å². The first kappa shape index (κ1) is 13.6. The highest BCUT2D eigenvalue weighted by atomic mass is 19.4. The van der Waals surface area contributed by atoms with E-state index < -0.39 is 29.9 Å². The molecule has 10 heteroatoms. The number of alkyl halides is 3. The van der Waals surface area contributed by atoms with Crippen molar-refractivity contribution in [2.75, 3.05) is 17.7 Å². The average Bonchev–Trinajstić information content (AvgIpc) is 2.93. The molecule has 0 spiro atoms. The Kier molecular flexibility index (Phi) is 3.39. The summed E-state index contributed by atoms with van der Waals surface area (Å²) in [7, 11) is 1.29. The minimum atomic E-state index is -4.62. The molecule has 2 aromatic rings. The third-order valence-electron chi connectivity index (χ3n) is 3.15. The number of aryl methyl sites for hydroxylation is 1. The summed E-state index contributed by atoms with van der Waals surface area (Å²) < 4.78 is 62.4. The second kappa shape index (κ2) is 5.99. The molecule has 2 heterocycles. The van der Waals surface area contributed by atoms with E-state index in [4.69, 9.17) is 4.11 Å². The van der Waals surface area contributed by atoms with Gasteiger partial charge in [0.15, 0.2) is 0 Å². The van der Waals surface area contributed by atoms with Gasteiger partial charge in [-0.15, -0.1) is 0 Å². The fourth-order valence-corrected chi connectivity index (χ4v) is 1.82.